The molecule has 0 aliphatic carbocycles. The summed E-state index contributed by atoms with van der Waals surface area (Å²) in [6.45, 7) is 3.10. The maximum atomic E-state index is 10.7. The van der Waals surface area contributed by atoms with Gasteiger partial charge in [-0.1, -0.05) is 12.1 Å². The Bertz CT molecular complexity index is 443. The average molecular weight is 280 g/mol. The summed E-state index contributed by atoms with van der Waals surface area (Å²) < 4.78 is 5.29. The Balaban J connectivity index is 2.01. The van der Waals surface area contributed by atoms with Crippen LogP contribution in [0.25, 0.3) is 0 Å². The van der Waals surface area contributed by atoms with Crippen LogP contribution >= 0.6 is 0 Å². The Morgan fingerprint density at radius 1 is 1.25 bits per heavy atom. The van der Waals surface area contributed by atoms with Crippen molar-refractivity contribution in [3.63, 3.8) is 0 Å². The molecule has 1 saturated heterocycles. The van der Waals surface area contributed by atoms with Gasteiger partial charge in [0.05, 0.1) is 25.7 Å². The van der Waals surface area contributed by atoms with Crippen LogP contribution < -0.4 is 10.6 Å². The van der Waals surface area contributed by atoms with Crippen molar-refractivity contribution in [2.24, 2.45) is 5.73 Å². The molecule has 6 heteroatoms. The molecule has 1 aromatic rings. The Labute approximate surface area is 117 Å². The first kappa shape index (κ1) is 14.8. The van der Waals surface area contributed by atoms with Crippen molar-refractivity contribution < 1.29 is 19.7 Å². The second-order valence-corrected chi connectivity index (χ2v) is 4.87. The fourth-order valence-electron chi connectivity index (χ4n) is 2.24. The minimum atomic E-state index is -1.18. The van der Waals surface area contributed by atoms with E-state index in [9.17, 15) is 15.0 Å². The number of nitrogens with two attached hydrogens (primary N) is 1. The van der Waals surface area contributed by atoms with Crippen molar-refractivity contribution in [3.8, 4) is 0 Å². The zero-order valence-corrected chi connectivity index (χ0v) is 11.2. The number of aliphatic hydroxyl groups is 2. The van der Waals surface area contributed by atoms with E-state index in [1.165, 1.54) is 0 Å². The lowest BCUT2D eigenvalue weighted by Crippen LogP contribution is -2.36. The van der Waals surface area contributed by atoms with Crippen LogP contribution in [0.3, 0.4) is 0 Å². The van der Waals surface area contributed by atoms with E-state index in [1.54, 1.807) is 12.1 Å². The molecule has 1 amide bonds. The maximum Gasteiger partial charge on any atom is 0.220 e. The molecular weight excluding hydrogens is 260 g/mol. The van der Waals surface area contributed by atoms with Crippen molar-refractivity contribution in [2.75, 3.05) is 31.2 Å². The smallest absolute Gasteiger partial charge is 0.220 e. The quantitative estimate of drug-likeness (QED) is 0.694. The third kappa shape index (κ3) is 3.69. The second kappa shape index (κ2) is 6.69. The molecular formula is C14H20N2O4. The van der Waals surface area contributed by atoms with Crippen molar-refractivity contribution in [1.82, 2.24) is 0 Å². The number of carbonyl (C=O) groups is 1. The van der Waals surface area contributed by atoms with Crippen molar-refractivity contribution in [2.45, 2.75) is 18.6 Å². The highest BCUT2D eigenvalue weighted by Gasteiger charge is 2.20. The zero-order valence-electron chi connectivity index (χ0n) is 11.2. The van der Waals surface area contributed by atoms with Gasteiger partial charge in [-0.3, -0.25) is 4.79 Å². The lowest BCUT2D eigenvalue weighted by atomic mass is 10.0. The standard InChI is InChI=1S/C14H20N2O4/c15-13(18)9-12(17)14(19)10-1-3-11(4-2-10)16-5-7-20-8-6-16/h1-4,12,14,17,19H,5-9H2,(H2,15,18). The summed E-state index contributed by atoms with van der Waals surface area (Å²) in [6, 6.07) is 7.28. The summed E-state index contributed by atoms with van der Waals surface area (Å²) in [5.41, 5.74) is 6.62. The van der Waals surface area contributed by atoms with Crippen LogP contribution in [0.15, 0.2) is 24.3 Å². The molecule has 2 atom stereocenters. The highest BCUT2D eigenvalue weighted by molar-refractivity contribution is 5.74. The van der Waals surface area contributed by atoms with Crippen LogP contribution in [0.2, 0.25) is 0 Å². The van der Waals surface area contributed by atoms with Gasteiger partial charge in [0.25, 0.3) is 0 Å². The van der Waals surface area contributed by atoms with Gasteiger partial charge >= 0.3 is 0 Å². The summed E-state index contributed by atoms with van der Waals surface area (Å²) in [7, 11) is 0. The van der Waals surface area contributed by atoms with Crippen LogP contribution in [-0.2, 0) is 9.53 Å². The van der Waals surface area contributed by atoms with Crippen molar-refractivity contribution in [1.29, 1.82) is 0 Å². The number of aliphatic hydroxyl groups excluding tert-OH is 2. The van der Waals surface area contributed by atoms with E-state index in [-0.39, 0.29) is 6.42 Å². The molecule has 6 nitrogen and oxygen atoms in total. The number of anilines is 1. The third-order valence-electron chi connectivity index (χ3n) is 3.39. The number of hydrogen-bond donors (Lipinski definition) is 3. The molecule has 2 unspecified atom stereocenters. The van der Waals surface area contributed by atoms with Gasteiger partial charge < -0.3 is 25.6 Å². The van der Waals surface area contributed by atoms with Crippen LogP contribution in [-0.4, -0.2) is 48.5 Å². The van der Waals surface area contributed by atoms with Gasteiger partial charge in [-0.15, -0.1) is 0 Å². The van der Waals surface area contributed by atoms with E-state index < -0.39 is 18.1 Å². The number of amides is 1. The molecule has 2 rings (SSSR count). The van der Waals surface area contributed by atoms with Gasteiger partial charge in [0, 0.05) is 18.8 Å². The number of hydrogen-bond acceptors (Lipinski definition) is 5. The number of morpholine rings is 1. The number of benzene rings is 1. The van der Waals surface area contributed by atoms with Gasteiger partial charge in [0.1, 0.15) is 6.10 Å². The summed E-state index contributed by atoms with van der Waals surface area (Å²) in [4.78, 5) is 12.9. The molecule has 1 aliphatic heterocycles. The van der Waals surface area contributed by atoms with Gasteiger partial charge in [0.2, 0.25) is 5.91 Å². The highest BCUT2D eigenvalue weighted by Crippen LogP contribution is 2.23. The fourth-order valence-corrected chi connectivity index (χ4v) is 2.24. The van der Waals surface area contributed by atoms with Crippen LogP contribution in [0, 0.1) is 0 Å². The van der Waals surface area contributed by atoms with E-state index in [2.05, 4.69) is 4.90 Å². The van der Waals surface area contributed by atoms with E-state index in [1.807, 2.05) is 12.1 Å². The van der Waals surface area contributed by atoms with Crippen LogP contribution in [0.5, 0.6) is 0 Å². The molecule has 1 fully saturated rings. The van der Waals surface area contributed by atoms with Crippen LogP contribution in [0.4, 0.5) is 5.69 Å². The fraction of sp³-hybridized carbons (Fsp3) is 0.500. The molecule has 20 heavy (non-hydrogen) atoms. The van der Waals surface area contributed by atoms with E-state index in [0.29, 0.717) is 18.8 Å². The van der Waals surface area contributed by atoms with E-state index >= 15 is 0 Å². The topological polar surface area (TPSA) is 96.0 Å². The molecule has 1 aromatic carbocycles. The van der Waals surface area contributed by atoms with Gasteiger partial charge in [0.15, 0.2) is 0 Å². The summed E-state index contributed by atoms with van der Waals surface area (Å²) >= 11 is 0. The van der Waals surface area contributed by atoms with Crippen LogP contribution in [0.1, 0.15) is 18.1 Å². The lowest BCUT2D eigenvalue weighted by Gasteiger charge is -2.29. The largest absolute Gasteiger partial charge is 0.390 e. The molecule has 0 radical (unpaired) electrons. The predicted octanol–water partition coefficient (Wildman–Crippen LogP) is -0.207. The number of nitrogens with zero attached hydrogens (tertiary/aromatic N) is 1. The molecule has 110 valence electrons. The normalized spacial score (nSPS) is 18.6. The summed E-state index contributed by atoms with van der Waals surface area (Å²) in [6.07, 6.45) is -2.55. The third-order valence-corrected chi connectivity index (χ3v) is 3.39. The van der Waals surface area contributed by atoms with Crippen molar-refractivity contribution in [3.05, 3.63) is 29.8 Å². The maximum absolute atomic E-state index is 10.7. The first-order valence-electron chi connectivity index (χ1n) is 6.65. The Hall–Kier alpha value is -1.63. The van der Waals surface area contributed by atoms with E-state index in [4.69, 9.17) is 10.5 Å². The lowest BCUT2D eigenvalue weighted by molar-refractivity contribution is -0.121. The number of ether oxygens (including phenoxy) is 1. The molecule has 0 saturated carbocycles. The number of rotatable bonds is 5. The monoisotopic (exact) mass is 280 g/mol. The molecule has 4 N–H and O–H groups in total. The second-order valence-electron chi connectivity index (χ2n) is 4.87. The van der Waals surface area contributed by atoms with Gasteiger partial charge in [-0.05, 0) is 17.7 Å². The minimum absolute atomic E-state index is 0.258. The molecule has 0 aromatic heterocycles. The van der Waals surface area contributed by atoms with Gasteiger partial charge in [-0.2, -0.15) is 0 Å². The Kier molecular flexibility index (Phi) is 4.94. The number of primary amides is 1. The zero-order chi connectivity index (χ0) is 14.5. The summed E-state index contributed by atoms with van der Waals surface area (Å²) in [5.74, 6) is -0.638. The Morgan fingerprint density at radius 2 is 1.85 bits per heavy atom. The first-order valence-corrected chi connectivity index (χ1v) is 6.65. The van der Waals surface area contributed by atoms with Gasteiger partial charge in [-0.25, -0.2) is 0 Å². The molecule has 1 heterocycles. The molecule has 1 aliphatic rings. The minimum Gasteiger partial charge on any atom is -0.390 e. The average Bonchev–Trinajstić information content (AvgIpc) is 2.47. The first-order chi connectivity index (χ1) is 9.58. The predicted molar refractivity (Wildman–Crippen MR) is 74.3 cm³/mol. The number of carbonyl (C=O) groups excluding carboxylic acids is 1. The summed E-state index contributed by atoms with van der Waals surface area (Å²) in [5, 5.41) is 19.6. The molecule has 0 spiro atoms. The SMILES string of the molecule is NC(=O)CC(O)C(O)c1ccc(N2CCOCC2)cc1. The highest BCUT2D eigenvalue weighted by atomic mass is 16.5. The van der Waals surface area contributed by atoms with Crippen molar-refractivity contribution >= 4 is 11.6 Å². The Morgan fingerprint density at radius 3 is 2.40 bits per heavy atom. The molecule has 0 bridgehead atoms. The van der Waals surface area contributed by atoms with E-state index in [0.717, 1.165) is 18.8 Å².